The summed E-state index contributed by atoms with van der Waals surface area (Å²) in [6.07, 6.45) is 3.23. The topological polar surface area (TPSA) is 66.0 Å². The van der Waals surface area contributed by atoms with Gasteiger partial charge in [-0.15, -0.1) is 11.3 Å². The summed E-state index contributed by atoms with van der Waals surface area (Å²) in [5, 5.41) is 8.68. The molecule has 2 N–H and O–H groups in total. The van der Waals surface area contributed by atoms with Gasteiger partial charge in [0.25, 0.3) is 0 Å². The smallest absolute Gasteiger partial charge is 0.243 e. The normalized spacial score (nSPS) is 11.6. The molecule has 6 nitrogen and oxygen atoms in total. The minimum atomic E-state index is -0.00955. The Kier molecular flexibility index (Phi) is 10.9. The monoisotopic (exact) mass is 368 g/mol. The third-order valence-corrected chi connectivity index (χ3v) is 4.37. The first kappa shape index (κ1) is 21.4. The number of nitrogens with zero attached hydrogens (tertiary/aromatic N) is 2. The maximum absolute atomic E-state index is 11.7. The van der Waals surface area contributed by atoms with E-state index in [4.69, 9.17) is 4.74 Å². The Hall–Kier alpha value is -1.60. The van der Waals surface area contributed by atoms with Gasteiger partial charge < -0.3 is 20.3 Å². The molecule has 1 rings (SSSR count). The Morgan fingerprint density at radius 2 is 2.04 bits per heavy atom. The number of hydrogen-bond donors (Lipinski definition) is 2. The molecule has 0 bridgehead atoms. The van der Waals surface area contributed by atoms with Crippen LogP contribution in [0, 0.1) is 0 Å². The van der Waals surface area contributed by atoms with Gasteiger partial charge in [-0.25, -0.2) is 4.99 Å². The van der Waals surface area contributed by atoms with Gasteiger partial charge in [0.2, 0.25) is 5.91 Å². The van der Waals surface area contributed by atoms with Gasteiger partial charge in [0.15, 0.2) is 5.96 Å². The SMILES string of the molecule is CC(C)OCCCCNC(=NCC(=O)N(C)C)NCCc1cccs1. The second kappa shape index (κ2) is 12.7. The van der Waals surface area contributed by atoms with Gasteiger partial charge in [0.05, 0.1) is 6.10 Å². The van der Waals surface area contributed by atoms with E-state index in [2.05, 4.69) is 33.1 Å². The highest BCUT2D eigenvalue weighted by Crippen LogP contribution is 2.07. The number of unbranched alkanes of at least 4 members (excludes halogenated alkanes) is 1. The largest absolute Gasteiger partial charge is 0.379 e. The van der Waals surface area contributed by atoms with Crippen molar-refractivity contribution in [2.24, 2.45) is 4.99 Å². The third-order valence-electron chi connectivity index (χ3n) is 3.43. The van der Waals surface area contributed by atoms with Crippen LogP contribution in [0.25, 0.3) is 0 Å². The molecule has 0 radical (unpaired) electrons. The lowest BCUT2D eigenvalue weighted by Gasteiger charge is -2.14. The minimum absolute atomic E-state index is 0.00955. The molecular formula is C18H32N4O2S. The van der Waals surface area contributed by atoms with Crippen molar-refractivity contribution in [3.63, 3.8) is 0 Å². The first-order valence-corrected chi connectivity index (χ1v) is 9.73. The Bertz CT molecular complexity index is 501. The van der Waals surface area contributed by atoms with Gasteiger partial charge in [-0.2, -0.15) is 0 Å². The fourth-order valence-corrected chi connectivity index (χ4v) is 2.68. The van der Waals surface area contributed by atoms with Gasteiger partial charge in [-0.3, -0.25) is 4.79 Å². The molecule has 0 aliphatic carbocycles. The van der Waals surface area contributed by atoms with Crippen molar-refractivity contribution in [1.29, 1.82) is 0 Å². The van der Waals surface area contributed by atoms with Gasteiger partial charge in [0, 0.05) is 38.7 Å². The summed E-state index contributed by atoms with van der Waals surface area (Å²) in [5.74, 6) is 0.682. The molecule has 1 heterocycles. The molecule has 0 saturated carbocycles. The number of carbonyl (C=O) groups excluding carboxylic acids is 1. The lowest BCUT2D eigenvalue weighted by atomic mass is 10.3. The molecule has 0 aromatic carbocycles. The molecule has 25 heavy (non-hydrogen) atoms. The number of carbonyl (C=O) groups is 1. The summed E-state index contributed by atoms with van der Waals surface area (Å²) in [5.41, 5.74) is 0. The molecule has 1 amide bonds. The molecule has 0 spiro atoms. The second-order valence-corrected chi connectivity index (χ2v) is 7.29. The predicted octanol–water partition coefficient (Wildman–Crippen LogP) is 2.12. The van der Waals surface area contributed by atoms with Crippen LogP contribution in [0.5, 0.6) is 0 Å². The molecule has 142 valence electrons. The number of thiophene rings is 1. The van der Waals surface area contributed by atoms with Gasteiger partial charge in [-0.1, -0.05) is 6.07 Å². The van der Waals surface area contributed by atoms with Crippen LogP contribution in [0.4, 0.5) is 0 Å². The van der Waals surface area contributed by atoms with Crippen LogP contribution in [0.3, 0.4) is 0 Å². The van der Waals surface area contributed by atoms with Gasteiger partial charge in [0.1, 0.15) is 6.54 Å². The average Bonchev–Trinajstić information content (AvgIpc) is 3.07. The van der Waals surface area contributed by atoms with E-state index in [0.29, 0.717) is 5.96 Å². The number of likely N-dealkylation sites (N-methyl/N-ethyl adjacent to an activating group) is 1. The number of hydrogen-bond acceptors (Lipinski definition) is 4. The number of nitrogens with one attached hydrogen (secondary N) is 2. The number of rotatable bonds is 11. The molecule has 0 saturated heterocycles. The first-order valence-electron chi connectivity index (χ1n) is 8.85. The summed E-state index contributed by atoms with van der Waals surface area (Å²) in [6.45, 7) is 6.61. The quantitative estimate of drug-likeness (QED) is 0.357. The van der Waals surface area contributed by atoms with E-state index in [1.165, 1.54) is 4.88 Å². The van der Waals surface area contributed by atoms with Gasteiger partial charge in [-0.05, 0) is 44.6 Å². The summed E-state index contributed by atoms with van der Waals surface area (Å²) in [6, 6.07) is 4.18. The highest BCUT2D eigenvalue weighted by molar-refractivity contribution is 7.09. The molecule has 0 aliphatic rings. The molecule has 0 aliphatic heterocycles. The van der Waals surface area contributed by atoms with E-state index in [9.17, 15) is 4.79 Å². The standard InChI is InChI=1S/C18H32N4O2S/c1-15(2)24-12-6-5-10-19-18(21-14-17(23)22(3)4)20-11-9-16-8-7-13-25-16/h7-8,13,15H,5-6,9-12,14H2,1-4H3,(H2,19,20,21). The van der Waals surface area contributed by atoms with Crippen LogP contribution in [-0.4, -0.2) is 63.2 Å². The lowest BCUT2D eigenvalue weighted by Crippen LogP contribution is -2.40. The highest BCUT2D eigenvalue weighted by Gasteiger charge is 2.05. The highest BCUT2D eigenvalue weighted by atomic mass is 32.1. The van der Waals surface area contributed by atoms with E-state index < -0.39 is 0 Å². The molecule has 0 atom stereocenters. The van der Waals surface area contributed by atoms with Crippen LogP contribution in [0.1, 0.15) is 31.6 Å². The molecular weight excluding hydrogens is 336 g/mol. The van der Waals surface area contributed by atoms with E-state index in [-0.39, 0.29) is 18.6 Å². The zero-order chi connectivity index (χ0) is 18.5. The summed E-state index contributed by atoms with van der Waals surface area (Å²) < 4.78 is 5.54. The summed E-state index contributed by atoms with van der Waals surface area (Å²) in [4.78, 5) is 19.0. The van der Waals surface area contributed by atoms with E-state index in [1.807, 2.05) is 13.8 Å². The minimum Gasteiger partial charge on any atom is -0.379 e. The van der Waals surface area contributed by atoms with Crippen LogP contribution >= 0.6 is 11.3 Å². The fraction of sp³-hybridized carbons (Fsp3) is 0.667. The van der Waals surface area contributed by atoms with E-state index in [1.54, 1.807) is 30.3 Å². The van der Waals surface area contributed by atoms with Crippen molar-refractivity contribution in [3.05, 3.63) is 22.4 Å². The third kappa shape index (κ3) is 10.8. The van der Waals surface area contributed by atoms with Crippen LogP contribution in [0.15, 0.2) is 22.5 Å². The first-order chi connectivity index (χ1) is 12.0. The Morgan fingerprint density at radius 1 is 1.28 bits per heavy atom. The summed E-state index contributed by atoms with van der Waals surface area (Å²) in [7, 11) is 3.48. The molecule has 0 fully saturated rings. The Balaban J connectivity index is 2.35. The van der Waals surface area contributed by atoms with Crippen molar-refractivity contribution in [1.82, 2.24) is 15.5 Å². The number of aliphatic imine (C=N–C) groups is 1. The fourth-order valence-electron chi connectivity index (χ4n) is 1.97. The van der Waals surface area contributed by atoms with Gasteiger partial charge >= 0.3 is 0 Å². The number of amides is 1. The second-order valence-electron chi connectivity index (χ2n) is 6.26. The molecule has 7 heteroatoms. The van der Waals surface area contributed by atoms with Crippen molar-refractivity contribution >= 4 is 23.2 Å². The Labute approximate surface area is 155 Å². The molecule has 1 aromatic rings. The number of ether oxygens (including phenoxy) is 1. The van der Waals surface area contributed by atoms with Crippen molar-refractivity contribution in [2.75, 3.05) is 40.3 Å². The average molecular weight is 369 g/mol. The molecule has 0 unspecified atom stereocenters. The van der Waals surface area contributed by atoms with Crippen molar-refractivity contribution < 1.29 is 9.53 Å². The van der Waals surface area contributed by atoms with Crippen LogP contribution in [-0.2, 0) is 16.0 Å². The maximum Gasteiger partial charge on any atom is 0.243 e. The zero-order valence-electron chi connectivity index (χ0n) is 15.9. The van der Waals surface area contributed by atoms with Crippen molar-refractivity contribution in [2.45, 2.75) is 39.2 Å². The number of guanidine groups is 1. The maximum atomic E-state index is 11.7. The van der Waals surface area contributed by atoms with Crippen LogP contribution < -0.4 is 10.6 Å². The van der Waals surface area contributed by atoms with E-state index >= 15 is 0 Å². The molecule has 1 aromatic heterocycles. The lowest BCUT2D eigenvalue weighted by molar-refractivity contribution is -0.127. The van der Waals surface area contributed by atoms with Crippen LogP contribution in [0.2, 0.25) is 0 Å². The summed E-state index contributed by atoms with van der Waals surface area (Å²) >= 11 is 1.75. The Morgan fingerprint density at radius 3 is 2.68 bits per heavy atom. The van der Waals surface area contributed by atoms with Crippen molar-refractivity contribution in [3.8, 4) is 0 Å². The zero-order valence-corrected chi connectivity index (χ0v) is 16.7. The van der Waals surface area contributed by atoms with E-state index in [0.717, 1.165) is 39.0 Å². The predicted molar refractivity (Wildman–Crippen MR) is 105 cm³/mol.